The van der Waals surface area contributed by atoms with Gasteiger partial charge in [0.05, 0.1) is 7.11 Å². The van der Waals surface area contributed by atoms with Crippen LogP contribution >= 0.6 is 0 Å². The predicted molar refractivity (Wildman–Crippen MR) is 84.7 cm³/mol. The number of rotatable bonds is 6. The van der Waals surface area contributed by atoms with Crippen molar-refractivity contribution in [1.82, 2.24) is 15.2 Å². The molecular formula is C16H21N3O3. The summed E-state index contributed by atoms with van der Waals surface area (Å²) < 4.78 is 4.50. The number of carbonyl (C=O) groups excluding carboxylic acids is 2. The van der Waals surface area contributed by atoms with Crippen LogP contribution in [-0.4, -0.2) is 48.6 Å². The molecule has 0 bridgehead atoms. The maximum atomic E-state index is 11.7. The molecule has 2 rings (SSSR count). The van der Waals surface area contributed by atoms with Gasteiger partial charge in [0.2, 0.25) is 5.91 Å². The fourth-order valence-corrected chi connectivity index (χ4v) is 2.39. The Bertz CT molecular complexity index is 651. The van der Waals surface area contributed by atoms with Crippen molar-refractivity contribution in [1.29, 1.82) is 0 Å². The molecular weight excluding hydrogens is 282 g/mol. The van der Waals surface area contributed by atoms with Crippen LogP contribution in [0.1, 0.15) is 12.5 Å². The molecule has 0 aliphatic heterocycles. The molecule has 0 fully saturated rings. The molecule has 0 aliphatic carbocycles. The number of nitrogens with zero attached hydrogens (tertiary/aromatic N) is 1. The number of nitrogens with one attached hydrogen (secondary N) is 2. The van der Waals surface area contributed by atoms with E-state index in [0.29, 0.717) is 19.6 Å². The summed E-state index contributed by atoms with van der Waals surface area (Å²) in [6.07, 6.45) is 2.26. The molecule has 118 valence electrons. The van der Waals surface area contributed by atoms with E-state index in [1.54, 1.807) is 4.90 Å². The highest BCUT2D eigenvalue weighted by molar-refractivity contribution is 5.83. The first-order valence-corrected chi connectivity index (χ1v) is 7.24. The van der Waals surface area contributed by atoms with Crippen LogP contribution < -0.4 is 5.32 Å². The summed E-state index contributed by atoms with van der Waals surface area (Å²) >= 11 is 0. The maximum Gasteiger partial charge on any atom is 0.406 e. The number of ether oxygens (including phenoxy) is 1. The first-order valence-electron chi connectivity index (χ1n) is 7.24. The van der Waals surface area contributed by atoms with E-state index in [0.717, 1.165) is 11.9 Å². The molecule has 0 saturated carbocycles. The van der Waals surface area contributed by atoms with Crippen LogP contribution in [0.4, 0.5) is 4.79 Å². The summed E-state index contributed by atoms with van der Waals surface area (Å²) in [5.74, 6) is -0.00786. The van der Waals surface area contributed by atoms with Gasteiger partial charge in [0, 0.05) is 43.7 Å². The van der Waals surface area contributed by atoms with E-state index in [1.807, 2.05) is 24.4 Å². The van der Waals surface area contributed by atoms with Gasteiger partial charge in [0.25, 0.3) is 0 Å². The van der Waals surface area contributed by atoms with Crippen LogP contribution in [0.3, 0.4) is 0 Å². The number of hydrogen-bond donors (Lipinski definition) is 2. The molecule has 6 heteroatoms. The van der Waals surface area contributed by atoms with Crippen molar-refractivity contribution in [2.75, 3.05) is 26.7 Å². The van der Waals surface area contributed by atoms with Crippen molar-refractivity contribution in [3.63, 3.8) is 0 Å². The molecule has 2 aromatic rings. The normalized spacial score (nSPS) is 10.5. The Morgan fingerprint density at radius 1 is 1.27 bits per heavy atom. The molecule has 0 unspecified atom stereocenters. The van der Waals surface area contributed by atoms with Crippen molar-refractivity contribution in [2.24, 2.45) is 0 Å². The van der Waals surface area contributed by atoms with E-state index in [4.69, 9.17) is 0 Å². The van der Waals surface area contributed by atoms with Crippen molar-refractivity contribution in [3.05, 3.63) is 36.0 Å². The van der Waals surface area contributed by atoms with Crippen molar-refractivity contribution >= 4 is 22.9 Å². The number of aromatic amines is 1. The molecule has 1 aromatic carbocycles. The Balaban J connectivity index is 1.91. The summed E-state index contributed by atoms with van der Waals surface area (Å²) in [6.45, 7) is 2.99. The van der Waals surface area contributed by atoms with Crippen LogP contribution in [0.25, 0.3) is 10.9 Å². The quantitative estimate of drug-likeness (QED) is 0.856. The van der Waals surface area contributed by atoms with Crippen LogP contribution in [0, 0.1) is 0 Å². The van der Waals surface area contributed by atoms with E-state index in [-0.39, 0.29) is 5.91 Å². The monoisotopic (exact) mass is 303 g/mol. The van der Waals surface area contributed by atoms with Crippen molar-refractivity contribution in [3.8, 4) is 0 Å². The first-order chi connectivity index (χ1) is 10.6. The third kappa shape index (κ3) is 4.00. The van der Waals surface area contributed by atoms with E-state index in [9.17, 15) is 9.59 Å². The number of amides is 2. The fraction of sp³-hybridized carbons (Fsp3) is 0.375. The molecule has 0 atom stereocenters. The maximum absolute atomic E-state index is 11.7. The molecule has 2 amide bonds. The van der Waals surface area contributed by atoms with Gasteiger partial charge < -0.3 is 19.9 Å². The minimum absolute atomic E-state index is 0.00786. The Morgan fingerprint density at radius 2 is 2.05 bits per heavy atom. The number of para-hydroxylation sites is 1. The van der Waals surface area contributed by atoms with Crippen LogP contribution in [-0.2, 0) is 16.0 Å². The number of H-pyrrole nitrogens is 1. The zero-order valence-electron chi connectivity index (χ0n) is 12.9. The lowest BCUT2D eigenvalue weighted by Crippen LogP contribution is -2.38. The lowest BCUT2D eigenvalue weighted by molar-refractivity contribution is -0.128. The summed E-state index contributed by atoms with van der Waals surface area (Å²) in [4.78, 5) is 27.6. The largest absolute Gasteiger partial charge is 0.453 e. The third-order valence-electron chi connectivity index (χ3n) is 3.61. The van der Waals surface area contributed by atoms with Gasteiger partial charge in [-0.25, -0.2) is 4.79 Å². The lowest BCUT2D eigenvalue weighted by Gasteiger charge is -2.21. The molecule has 0 spiro atoms. The molecule has 0 saturated heterocycles. The smallest absolute Gasteiger partial charge is 0.406 e. The molecule has 1 aromatic heterocycles. The molecule has 6 nitrogen and oxygen atoms in total. The van der Waals surface area contributed by atoms with Gasteiger partial charge in [-0.05, 0) is 18.1 Å². The molecule has 22 heavy (non-hydrogen) atoms. The molecule has 0 radical (unpaired) electrons. The van der Waals surface area contributed by atoms with Crippen LogP contribution in [0.5, 0.6) is 0 Å². The molecule has 1 heterocycles. The second-order valence-corrected chi connectivity index (χ2v) is 5.03. The van der Waals surface area contributed by atoms with Crippen molar-refractivity contribution < 1.29 is 14.3 Å². The Morgan fingerprint density at radius 3 is 2.77 bits per heavy atom. The summed E-state index contributed by atoms with van der Waals surface area (Å²) in [5, 5.41) is 3.76. The first kappa shape index (κ1) is 15.9. The highest BCUT2D eigenvalue weighted by Crippen LogP contribution is 2.18. The summed E-state index contributed by atoms with van der Waals surface area (Å²) in [6, 6.07) is 8.09. The number of fused-ring (bicyclic) bond motifs is 1. The average molecular weight is 303 g/mol. The van der Waals surface area contributed by atoms with E-state index >= 15 is 0 Å². The highest BCUT2D eigenvalue weighted by atomic mass is 16.5. The van der Waals surface area contributed by atoms with E-state index in [1.165, 1.54) is 25.0 Å². The number of aromatic nitrogens is 1. The number of hydrogen-bond acceptors (Lipinski definition) is 3. The second kappa shape index (κ2) is 7.49. The minimum atomic E-state index is -0.486. The number of methoxy groups -OCH3 is 1. The highest BCUT2D eigenvalue weighted by Gasteiger charge is 2.11. The number of alkyl carbamates (subject to hydrolysis) is 1. The Hall–Kier alpha value is -2.50. The van der Waals surface area contributed by atoms with E-state index in [2.05, 4.69) is 21.1 Å². The SMILES string of the molecule is COC(=O)NCCN(CCc1c[nH]c2ccccc12)C(C)=O. The van der Waals surface area contributed by atoms with Crippen LogP contribution in [0.2, 0.25) is 0 Å². The van der Waals surface area contributed by atoms with Gasteiger partial charge in [-0.2, -0.15) is 0 Å². The minimum Gasteiger partial charge on any atom is -0.453 e. The molecule has 0 aliphatic rings. The lowest BCUT2D eigenvalue weighted by atomic mass is 10.1. The van der Waals surface area contributed by atoms with Gasteiger partial charge in [0.15, 0.2) is 0 Å². The third-order valence-corrected chi connectivity index (χ3v) is 3.61. The molecule has 2 N–H and O–H groups in total. The van der Waals surface area contributed by atoms with Gasteiger partial charge in [-0.3, -0.25) is 4.79 Å². The van der Waals surface area contributed by atoms with Gasteiger partial charge in [-0.15, -0.1) is 0 Å². The number of benzene rings is 1. The average Bonchev–Trinajstić information content (AvgIpc) is 2.93. The topological polar surface area (TPSA) is 74.4 Å². The fourth-order valence-electron chi connectivity index (χ4n) is 2.39. The second-order valence-electron chi connectivity index (χ2n) is 5.03. The Kier molecular flexibility index (Phi) is 5.41. The summed E-state index contributed by atoms with van der Waals surface area (Å²) in [7, 11) is 1.31. The van der Waals surface area contributed by atoms with Gasteiger partial charge >= 0.3 is 6.09 Å². The van der Waals surface area contributed by atoms with E-state index < -0.39 is 6.09 Å². The zero-order chi connectivity index (χ0) is 15.9. The predicted octanol–water partition coefficient (Wildman–Crippen LogP) is 1.91. The number of carbonyl (C=O) groups is 2. The Labute approximate surface area is 129 Å². The standard InChI is InChI=1S/C16H21N3O3/c1-12(20)19(10-8-17-16(21)22-2)9-7-13-11-18-15-6-4-3-5-14(13)15/h3-6,11,18H,7-10H2,1-2H3,(H,17,21). The van der Waals surface area contributed by atoms with Gasteiger partial charge in [0.1, 0.15) is 0 Å². The van der Waals surface area contributed by atoms with Crippen molar-refractivity contribution in [2.45, 2.75) is 13.3 Å². The van der Waals surface area contributed by atoms with Crippen LogP contribution in [0.15, 0.2) is 30.5 Å². The van der Waals surface area contributed by atoms with Gasteiger partial charge in [-0.1, -0.05) is 18.2 Å². The zero-order valence-corrected chi connectivity index (χ0v) is 12.9. The summed E-state index contributed by atoms with van der Waals surface area (Å²) in [5.41, 5.74) is 2.28.